The molecule has 1 aromatic rings. The summed E-state index contributed by atoms with van der Waals surface area (Å²) >= 11 is 1.33. The number of ether oxygens (including phenoxy) is 1. The Morgan fingerprint density at radius 3 is 2.92 bits per heavy atom. The van der Waals surface area contributed by atoms with Gasteiger partial charge in [-0.25, -0.2) is 8.42 Å². The summed E-state index contributed by atoms with van der Waals surface area (Å²) in [6, 6.07) is 0. The van der Waals surface area contributed by atoms with Crippen LogP contribution in [0, 0.1) is 5.92 Å². The van der Waals surface area contributed by atoms with Crippen LogP contribution >= 0.6 is 11.8 Å². The number of carbonyl (C=O) groups is 1. The number of amides is 1. The Hall–Kier alpha value is -1.13. The van der Waals surface area contributed by atoms with Crippen molar-refractivity contribution in [3.63, 3.8) is 0 Å². The molecule has 1 aromatic heterocycles. The molecule has 2 fully saturated rings. The number of aromatic nitrogens is 3. The molecule has 140 valence electrons. The highest BCUT2D eigenvalue weighted by atomic mass is 32.2. The SMILES string of the molecule is Cn1c(CC2CCS(=O)(=O)C2)nnc1SCC(=O)NCC1CCCO1. The Balaban J connectivity index is 1.45. The Labute approximate surface area is 152 Å². The van der Waals surface area contributed by atoms with E-state index in [0.717, 1.165) is 25.3 Å². The first-order valence-corrected chi connectivity index (χ1v) is 11.3. The van der Waals surface area contributed by atoms with E-state index in [1.807, 2.05) is 11.6 Å². The van der Waals surface area contributed by atoms with E-state index in [9.17, 15) is 13.2 Å². The van der Waals surface area contributed by atoms with Gasteiger partial charge in [0, 0.05) is 26.6 Å². The molecule has 1 amide bonds. The Morgan fingerprint density at radius 2 is 2.24 bits per heavy atom. The third-order valence-corrected chi connectivity index (χ3v) is 7.46. The number of nitrogens with zero attached hydrogens (tertiary/aromatic N) is 3. The quantitative estimate of drug-likeness (QED) is 0.665. The minimum Gasteiger partial charge on any atom is -0.376 e. The van der Waals surface area contributed by atoms with Gasteiger partial charge < -0.3 is 14.6 Å². The summed E-state index contributed by atoms with van der Waals surface area (Å²) in [7, 11) is -1.03. The van der Waals surface area contributed by atoms with E-state index in [-0.39, 0.29) is 35.2 Å². The van der Waals surface area contributed by atoms with Crippen LogP contribution in [-0.4, -0.2) is 65.6 Å². The molecule has 2 saturated heterocycles. The molecule has 0 radical (unpaired) electrons. The fourth-order valence-electron chi connectivity index (χ4n) is 3.15. The lowest BCUT2D eigenvalue weighted by molar-refractivity contribution is -0.119. The molecule has 2 unspecified atom stereocenters. The third-order valence-electron chi connectivity index (χ3n) is 4.61. The van der Waals surface area contributed by atoms with Crippen molar-refractivity contribution in [1.82, 2.24) is 20.1 Å². The van der Waals surface area contributed by atoms with Gasteiger partial charge in [0.2, 0.25) is 5.91 Å². The number of rotatable bonds is 7. The smallest absolute Gasteiger partial charge is 0.230 e. The first kappa shape index (κ1) is 18.7. The van der Waals surface area contributed by atoms with Crippen molar-refractivity contribution in [2.45, 2.75) is 36.9 Å². The number of carbonyl (C=O) groups excluding carboxylic acids is 1. The highest BCUT2D eigenvalue weighted by Crippen LogP contribution is 2.23. The van der Waals surface area contributed by atoms with E-state index in [2.05, 4.69) is 15.5 Å². The van der Waals surface area contributed by atoms with Crippen molar-refractivity contribution >= 4 is 27.5 Å². The van der Waals surface area contributed by atoms with Gasteiger partial charge in [0.05, 0.1) is 23.4 Å². The molecule has 0 spiro atoms. The fourth-order valence-corrected chi connectivity index (χ4v) is 5.78. The van der Waals surface area contributed by atoms with Crippen LogP contribution < -0.4 is 5.32 Å². The maximum Gasteiger partial charge on any atom is 0.230 e. The maximum absolute atomic E-state index is 11.9. The first-order chi connectivity index (χ1) is 11.9. The van der Waals surface area contributed by atoms with Crippen LogP contribution in [-0.2, 0) is 32.8 Å². The van der Waals surface area contributed by atoms with Gasteiger partial charge in [0.1, 0.15) is 5.82 Å². The summed E-state index contributed by atoms with van der Waals surface area (Å²) in [4.78, 5) is 11.9. The number of nitrogens with one attached hydrogen (secondary N) is 1. The monoisotopic (exact) mass is 388 g/mol. The summed E-state index contributed by atoms with van der Waals surface area (Å²) < 4.78 is 30.4. The first-order valence-electron chi connectivity index (χ1n) is 8.53. The molecule has 2 aliphatic rings. The molecule has 2 aliphatic heterocycles. The molecule has 2 atom stereocenters. The van der Waals surface area contributed by atoms with Gasteiger partial charge in [-0.05, 0) is 25.2 Å². The van der Waals surface area contributed by atoms with Crippen molar-refractivity contribution in [1.29, 1.82) is 0 Å². The second-order valence-corrected chi connectivity index (χ2v) is 9.83. The predicted octanol–water partition coefficient (Wildman–Crippen LogP) is 0.180. The number of hydrogen-bond acceptors (Lipinski definition) is 7. The van der Waals surface area contributed by atoms with Gasteiger partial charge in [-0.1, -0.05) is 11.8 Å². The Kier molecular flexibility index (Phi) is 6.00. The van der Waals surface area contributed by atoms with Crippen molar-refractivity contribution in [2.75, 3.05) is 30.4 Å². The van der Waals surface area contributed by atoms with E-state index >= 15 is 0 Å². The molecular formula is C15H24N4O4S2. The summed E-state index contributed by atoms with van der Waals surface area (Å²) in [5, 5.41) is 11.8. The van der Waals surface area contributed by atoms with Crippen LogP contribution in [0.25, 0.3) is 0 Å². The Morgan fingerprint density at radius 1 is 1.40 bits per heavy atom. The van der Waals surface area contributed by atoms with Crippen LogP contribution in [0.2, 0.25) is 0 Å². The molecule has 25 heavy (non-hydrogen) atoms. The van der Waals surface area contributed by atoms with E-state index in [1.54, 1.807) is 0 Å². The molecule has 0 saturated carbocycles. The summed E-state index contributed by atoms with van der Waals surface area (Å²) in [5.74, 6) is 1.60. The molecule has 3 rings (SSSR count). The van der Waals surface area contributed by atoms with E-state index in [4.69, 9.17) is 4.74 Å². The van der Waals surface area contributed by atoms with Crippen molar-refractivity contribution in [3.05, 3.63) is 5.82 Å². The number of hydrogen-bond donors (Lipinski definition) is 1. The lowest BCUT2D eigenvalue weighted by atomic mass is 10.1. The van der Waals surface area contributed by atoms with Crippen molar-refractivity contribution in [2.24, 2.45) is 13.0 Å². The molecule has 8 nitrogen and oxygen atoms in total. The van der Waals surface area contributed by atoms with Gasteiger partial charge >= 0.3 is 0 Å². The summed E-state index contributed by atoms with van der Waals surface area (Å²) in [6.45, 7) is 1.33. The van der Waals surface area contributed by atoms with Crippen molar-refractivity contribution in [3.8, 4) is 0 Å². The Bertz CT molecular complexity index is 713. The highest BCUT2D eigenvalue weighted by Gasteiger charge is 2.29. The number of thioether (sulfide) groups is 1. The highest BCUT2D eigenvalue weighted by molar-refractivity contribution is 7.99. The van der Waals surface area contributed by atoms with E-state index in [0.29, 0.717) is 24.5 Å². The standard InChI is InChI=1S/C15H24N4O4S2/c1-19-13(7-11-4-6-25(21,22)10-11)17-18-15(19)24-9-14(20)16-8-12-3-2-5-23-12/h11-12H,2-10H2,1H3,(H,16,20). The molecule has 10 heteroatoms. The molecule has 1 N–H and O–H groups in total. The van der Waals surface area contributed by atoms with Gasteiger partial charge in [0.15, 0.2) is 15.0 Å². The second-order valence-electron chi connectivity index (χ2n) is 6.66. The zero-order chi connectivity index (χ0) is 17.9. The molecule has 0 aromatic carbocycles. The zero-order valence-electron chi connectivity index (χ0n) is 14.3. The average molecular weight is 389 g/mol. The van der Waals surface area contributed by atoms with E-state index in [1.165, 1.54) is 11.8 Å². The normalized spacial score (nSPS) is 25.3. The molecule has 0 bridgehead atoms. The van der Waals surface area contributed by atoms with Gasteiger partial charge in [-0.2, -0.15) is 0 Å². The van der Waals surface area contributed by atoms with Crippen molar-refractivity contribution < 1.29 is 17.9 Å². The molecule has 0 aliphatic carbocycles. The second kappa shape index (κ2) is 8.05. The lowest BCUT2D eigenvalue weighted by Crippen LogP contribution is -2.32. The number of sulfone groups is 1. The lowest BCUT2D eigenvalue weighted by Gasteiger charge is -2.10. The third kappa shape index (κ3) is 5.18. The van der Waals surface area contributed by atoms with Gasteiger partial charge in [-0.3, -0.25) is 4.79 Å². The summed E-state index contributed by atoms with van der Waals surface area (Å²) in [6.07, 6.45) is 3.48. The maximum atomic E-state index is 11.9. The molecular weight excluding hydrogens is 364 g/mol. The van der Waals surface area contributed by atoms with Crippen LogP contribution in [0.1, 0.15) is 25.1 Å². The van der Waals surface area contributed by atoms with E-state index < -0.39 is 9.84 Å². The minimum atomic E-state index is -2.88. The van der Waals surface area contributed by atoms with Gasteiger partial charge in [0.25, 0.3) is 0 Å². The average Bonchev–Trinajstić information content (AvgIpc) is 3.27. The topological polar surface area (TPSA) is 103 Å². The van der Waals surface area contributed by atoms with Crippen LogP contribution in [0.3, 0.4) is 0 Å². The fraction of sp³-hybridized carbons (Fsp3) is 0.800. The predicted molar refractivity (Wildman–Crippen MR) is 94.2 cm³/mol. The summed E-state index contributed by atoms with van der Waals surface area (Å²) in [5.41, 5.74) is 0. The van der Waals surface area contributed by atoms with Crippen LogP contribution in [0.4, 0.5) is 0 Å². The molecule has 3 heterocycles. The van der Waals surface area contributed by atoms with Crippen LogP contribution in [0.15, 0.2) is 5.16 Å². The minimum absolute atomic E-state index is 0.0491. The van der Waals surface area contributed by atoms with Crippen LogP contribution in [0.5, 0.6) is 0 Å². The largest absolute Gasteiger partial charge is 0.376 e. The zero-order valence-corrected chi connectivity index (χ0v) is 15.9. The van der Waals surface area contributed by atoms with Gasteiger partial charge in [-0.15, -0.1) is 10.2 Å².